The Bertz CT molecular complexity index is 910. The number of tetrazole rings is 1. The van der Waals surface area contributed by atoms with Gasteiger partial charge < -0.3 is 5.32 Å². The Hall–Kier alpha value is -2.67. The van der Waals surface area contributed by atoms with E-state index in [2.05, 4.69) is 39.0 Å². The van der Waals surface area contributed by atoms with Gasteiger partial charge in [0.25, 0.3) is 0 Å². The number of rotatable bonds is 7. The Labute approximate surface area is 163 Å². The molecule has 7 heteroatoms. The molecule has 1 N–H and O–H groups in total. The first-order valence-corrected chi connectivity index (χ1v) is 9.77. The monoisotopic (exact) mass is 381 g/mol. The van der Waals surface area contributed by atoms with Gasteiger partial charge in [-0.2, -0.15) is 4.68 Å². The topological polar surface area (TPSA) is 72.7 Å². The molecule has 27 heavy (non-hydrogen) atoms. The first kappa shape index (κ1) is 19.1. The Kier molecular flexibility index (Phi) is 6.24. The molecule has 3 rings (SSSR count). The minimum absolute atomic E-state index is 0.0218. The minimum Gasteiger partial charge on any atom is -0.355 e. The summed E-state index contributed by atoms with van der Waals surface area (Å²) in [7, 11) is 0. The minimum atomic E-state index is -0.296. The predicted molar refractivity (Wildman–Crippen MR) is 107 cm³/mol. The second-order valence-electron chi connectivity index (χ2n) is 6.45. The molecule has 0 fully saturated rings. The SMILES string of the molecule is Cc1ccc(C)c(-n2nnnc2S[C@H](C)C(=O)NCCc2ccccc2)c1. The molecule has 0 aliphatic heterocycles. The average Bonchev–Trinajstić information content (AvgIpc) is 3.12. The summed E-state index contributed by atoms with van der Waals surface area (Å²) in [5.74, 6) is -0.0218. The van der Waals surface area contributed by atoms with Crippen molar-refractivity contribution in [1.82, 2.24) is 25.5 Å². The number of aryl methyl sites for hydroxylation is 2. The number of aromatic nitrogens is 4. The van der Waals surface area contributed by atoms with Crippen molar-refractivity contribution in [3.63, 3.8) is 0 Å². The van der Waals surface area contributed by atoms with Gasteiger partial charge >= 0.3 is 0 Å². The van der Waals surface area contributed by atoms with Crippen molar-refractivity contribution < 1.29 is 4.79 Å². The van der Waals surface area contributed by atoms with E-state index in [0.29, 0.717) is 11.7 Å². The molecule has 0 saturated heterocycles. The van der Waals surface area contributed by atoms with Gasteiger partial charge in [0.2, 0.25) is 11.1 Å². The molecule has 0 radical (unpaired) electrons. The number of nitrogens with one attached hydrogen (secondary N) is 1. The van der Waals surface area contributed by atoms with Crippen LogP contribution in [0.1, 0.15) is 23.6 Å². The zero-order valence-corrected chi connectivity index (χ0v) is 16.5. The van der Waals surface area contributed by atoms with Gasteiger partial charge in [-0.1, -0.05) is 54.2 Å². The van der Waals surface area contributed by atoms with Crippen molar-refractivity contribution in [3.8, 4) is 5.69 Å². The van der Waals surface area contributed by atoms with Gasteiger partial charge in [0, 0.05) is 6.54 Å². The molecule has 1 atom stereocenters. The van der Waals surface area contributed by atoms with Crippen LogP contribution in [0.15, 0.2) is 53.7 Å². The van der Waals surface area contributed by atoms with Crippen LogP contribution in [0.5, 0.6) is 0 Å². The van der Waals surface area contributed by atoms with Gasteiger partial charge in [0.1, 0.15) is 0 Å². The van der Waals surface area contributed by atoms with E-state index in [1.54, 1.807) is 4.68 Å². The summed E-state index contributed by atoms with van der Waals surface area (Å²) in [6.07, 6.45) is 0.810. The van der Waals surface area contributed by atoms with E-state index in [4.69, 9.17) is 0 Å². The smallest absolute Gasteiger partial charge is 0.233 e. The number of hydrogen-bond donors (Lipinski definition) is 1. The number of thioether (sulfide) groups is 1. The Morgan fingerprint density at radius 3 is 2.74 bits per heavy atom. The predicted octanol–water partition coefficient (Wildman–Crippen LogP) is 3.12. The molecule has 0 unspecified atom stereocenters. The Morgan fingerprint density at radius 2 is 1.96 bits per heavy atom. The lowest BCUT2D eigenvalue weighted by Gasteiger charge is -2.13. The van der Waals surface area contributed by atoms with E-state index in [1.807, 2.05) is 51.1 Å². The number of hydrogen-bond acceptors (Lipinski definition) is 5. The molecule has 0 saturated carbocycles. The van der Waals surface area contributed by atoms with Crippen LogP contribution in [-0.2, 0) is 11.2 Å². The van der Waals surface area contributed by atoms with Crippen molar-refractivity contribution in [2.24, 2.45) is 0 Å². The van der Waals surface area contributed by atoms with E-state index in [-0.39, 0.29) is 11.2 Å². The molecule has 0 aliphatic carbocycles. The van der Waals surface area contributed by atoms with Crippen molar-refractivity contribution in [2.45, 2.75) is 37.6 Å². The highest BCUT2D eigenvalue weighted by atomic mass is 32.2. The molecular weight excluding hydrogens is 358 g/mol. The van der Waals surface area contributed by atoms with Gasteiger partial charge in [-0.25, -0.2) is 0 Å². The van der Waals surface area contributed by atoms with E-state index in [1.165, 1.54) is 17.3 Å². The van der Waals surface area contributed by atoms with E-state index in [9.17, 15) is 4.79 Å². The molecule has 1 amide bonds. The standard InChI is InChI=1S/C20H23N5OS/c1-14-9-10-15(2)18(13-14)25-20(22-23-24-25)27-16(3)19(26)21-12-11-17-7-5-4-6-8-17/h4-10,13,16H,11-12H2,1-3H3,(H,21,26)/t16-/m1/s1. The van der Waals surface area contributed by atoms with Gasteiger partial charge in [-0.15, -0.1) is 5.10 Å². The van der Waals surface area contributed by atoms with Gasteiger partial charge in [0.15, 0.2) is 0 Å². The quantitative estimate of drug-likeness (QED) is 0.637. The molecule has 6 nitrogen and oxygen atoms in total. The molecule has 1 aromatic heterocycles. The van der Waals surface area contributed by atoms with Crippen molar-refractivity contribution in [3.05, 3.63) is 65.2 Å². The zero-order chi connectivity index (χ0) is 19.2. The maximum absolute atomic E-state index is 12.4. The normalized spacial score (nSPS) is 12.0. The summed E-state index contributed by atoms with van der Waals surface area (Å²) in [6.45, 7) is 6.52. The number of benzene rings is 2. The third-order valence-corrected chi connectivity index (χ3v) is 5.27. The van der Waals surface area contributed by atoms with Crippen LogP contribution in [0.25, 0.3) is 5.69 Å². The fraction of sp³-hybridized carbons (Fsp3) is 0.300. The van der Waals surface area contributed by atoms with Gasteiger partial charge in [0.05, 0.1) is 10.9 Å². The third kappa shape index (κ3) is 4.95. The van der Waals surface area contributed by atoms with Gasteiger partial charge in [-0.05, 0) is 60.4 Å². The number of carbonyl (C=O) groups excluding carboxylic acids is 1. The van der Waals surface area contributed by atoms with Crippen molar-refractivity contribution in [2.75, 3.05) is 6.54 Å². The lowest BCUT2D eigenvalue weighted by atomic mass is 10.1. The lowest BCUT2D eigenvalue weighted by Crippen LogP contribution is -2.32. The Morgan fingerprint density at radius 1 is 1.19 bits per heavy atom. The first-order valence-electron chi connectivity index (χ1n) is 8.89. The van der Waals surface area contributed by atoms with E-state index < -0.39 is 0 Å². The van der Waals surface area contributed by atoms with Crippen LogP contribution in [0.2, 0.25) is 0 Å². The second kappa shape index (κ2) is 8.81. The number of carbonyl (C=O) groups is 1. The lowest BCUT2D eigenvalue weighted by molar-refractivity contribution is -0.120. The summed E-state index contributed by atoms with van der Waals surface area (Å²) in [4.78, 5) is 12.4. The summed E-state index contributed by atoms with van der Waals surface area (Å²) in [6, 6.07) is 16.2. The highest BCUT2D eigenvalue weighted by molar-refractivity contribution is 8.00. The van der Waals surface area contributed by atoms with Crippen molar-refractivity contribution >= 4 is 17.7 Å². The first-order chi connectivity index (χ1) is 13.0. The largest absolute Gasteiger partial charge is 0.355 e. The second-order valence-corrected chi connectivity index (χ2v) is 7.76. The molecule has 3 aromatic rings. The summed E-state index contributed by atoms with van der Waals surface area (Å²) in [5, 5.41) is 15.3. The van der Waals surface area contributed by atoms with Crippen LogP contribution >= 0.6 is 11.8 Å². The van der Waals surface area contributed by atoms with Gasteiger partial charge in [-0.3, -0.25) is 4.79 Å². The summed E-state index contributed by atoms with van der Waals surface area (Å²) in [5.41, 5.74) is 4.35. The van der Waals surface area contributed by atoms with E-state index >= 15 is 0 Å². The maximum Gasteiger partial charge on any atom is 0.233 e. The molecule has 2 aromatic carbocycles. The molecule has 0 aliphatic rings. The van der Waals surface area contributed by atoms with Crippen LogP contribution in [0.4, 0.5) is 0 Å². The van der Waals surface area contributed by atoms with Crippen LogP contribution in [-0.4, -0.2) is 37.9 Å². The summed E-state index contributed by atoms with van der Waals surface area (Å²) < 4.78 is 1.70. The van der Waals surface area contributed by atoms with Crippen LogP contribution in [0.3, 0.4) is 0 Å². The zero-order valence-electron chi connectivity index (χ0n) is 15.7. The third-order valence-electron chi connectivity index (χ3n) is 4.24. The molecule has 140 valence electrons. The molecular formula is C20H23N5OS. The van der Waals surface area contributed by atoms with Crippen molar-refractivity contribution in [1.29, 1.82) is 0 Å². The molecule has 0 spiro atoms. The fourth-order valence-corrected chi connectivity index (χ4v) is 3.51. The Balaban J connectivity index is 1.61. The molecule has 1 heterocycles. The van der Waals surface area contributed by atoms with Crippen LogP contribution < -0.4 is 5.32 Å². The number of nitrogens with zero attached hydrogens (tertiary/aromatic N) is 4. The maximum atomic E-state index is 12.4. The summed E-state index contributed by atoms with van der Waals surface area (Å²) >= 11 is 1.36. The number of amides is 1. The van der Waals surface area contributed by atoms with E-state index in [0.717, 1.165) is 23.2 Å². The average molecular weight is 382 g/mol. The fourth-order valence-electron chi connectivity index (χ4n) is 2.68. The highest BCUT2D eigenvalue weighted by Gasteiger charge is 2.19. The molecule has 0 bridgehead atoms. The van der Waals surface area contributed by atoms with Crippen LogP contribution in [0, 0.1) is 13.8 Å². The highest BCUT2D eigenvalue weighted by Crippen LogP contribution is 2.24.